The van der Waals surface area contributed by atoms with Gasteiger partial charge in [-0.25, -0.2) is 9.36 Å². The number of hydrogen-bond donors (Lipinski definition) is 4. The molecule has 0 aliphatic rings. The van der Waals surface area contributed by atoms with E-state index < -0.39 is 26.5 Å². The van der Waals surface area contributed by atoms with Crippen molar-refractivity contribution in [3.8, 4) is 0 Å². The Balaban J connectivity index is 3.58. The van der Waals surface area contributed by atoms with Gasteiger partial charge < -0.3 is 20.0 Å². The highest BCUT2D eigenvalue weighted by molar-refractivity contribution is 7.46. The summed E-state index contributed by atoms with van der Waals surface area (Å²) >= 11 is 0. The number of aliphatic hydroxyl groups excluding tert-OH is 1. The molecular formula is C4H9O7P. The van der Waals surface area contributed by atoms with Gasteiger partial charge in [0.05, 0.1) is 6.61 Å². The summed E-state index contributed by atoms with van der Waals surface area (Å²) in [4.78, 5) is 26.2. The molecular weight excluding hydrogens is 191 g/mol. The second-order valence-corrected chi connectivity index (χ2v) is 3.21. The Morgan fingerprint density at radius 2 is 2.00 bits per heavy atom. The van der Waals surface area contributed by atoms with Crippen molar-refractivity contribution < 1.29 is 33.9 Å². The van der Waals surface area contributed by atoms with Crippen LogP contribution in [0.2, 0.25) is 0 Å². The molecule has 0 saturated heterocycles. The average Bonchev–Trinajstić information content (AvgIpc) is 1.84. The summed E-state index contributed by atoms with van der Waals surface area (Å²) in [5, 5.41) is 16.7. The zero-order valence-electron chi connectivity index (χ0n) is 5.95. The smallest absolute Gasteiger partial charge is 0.469 e. The monoisotopic (exact) mass is 200 g/mol. The third-order valence-corrected chi connectivity index (χ3v) is 1.45. The van der Waals surface area contributed by atoms with E-state index in [1.54, 1.807) is 0 Å². The van der Waals surface area contributed by atoms with Crippen LogP contribution >= 0.6 is 7.82 Å². The molecule has 4 N–H and O–H groups in total. The summed E-state index contributed by atoms with van der Waals surface area (Å²) in [6.07, 6.45) is -2.02. The van der Waals surface area contributed by atoms with Crippen molar-refractivity contribution in [3.63, 3.8) is 0 Å². The van der Waals surface area contributed by atoms with Crippen LogP contribution in [0.15, 0.2) is 0 Å². The minimum atomic E-state index is -4.56. The van der Waals surface area contributed by atoms with Gasteiger partial charge in [-0.3, -0.25) is 4.52 Å². The topological polar surface area (TPSA) is 124 Å². The highest BCUT2D eigenvalue weighted by atomic mass is 31.2. The molecule has 1 unspecified atom stereocenters. The number of aliphatic hydroxyl groups is 1. The molecule has 0 aromatic rings. The van der Waals surface area contributed by atoms with Crippen LogP contribution in [0.4, 0.5) is 0 Å². The normalized spacial score (nSPS) is 14.2. The molecule has 0 spiro atoms. The Hall–Kier alpha value is -0.460. The number of carboxylic acids is 1. The minimum Gasteiger partial charge on any atom is -0.479 e. The van der Waals surface area contributed by atoms with Gasteiger partial charge in [0.25, 0.3) is 0 Å². The van der Waals surface area contributed by atoms with Crippen molar-refractivity contribution in [1.29, 1.82) is 0 Å². The fraction of sp³-hybridized carbons (Fsp3) is 0.750. The SMILES string of the molecule is O=C(O)C(O)CCOP(=O)(O)O. The van der Waals surface area contributed by atoms with Gasteiger partial charge in [0.1, 0.15) is 0 Å². The number of rotatable bonds is 5. The second kappa shape index (κ2) is 4.54. The van der Waals surface area contributed by atoms with Crippen LogP contribution in [0.5, 0.6) is 0 Å². The molecule has 0 amide bonds. The molecule has 0 rings (SSSR count). The third kappa shape index (κ3) is 6.26. The van der Waals surface area contributed by atoms with E-state index in [4.69, 9.17) is 20.0 Å². The van der Waals surface area contributed by atoms with Gasteiger partial charge in [0, 0.05) is 6.42 Å². The molecule has 0 saturated carbocycles. The second-order valence-electron chi connectivity index (χ2n) is 1.97. The van der Waals surface area contributed by atoms with Gasteiger partial charge >= 0.3 is 13.8 Å². The molecule has 0 aromatic heterocycles. The van der Waals surface area contributed by atoms with Crippen molar-refractivity contribution in [2.75, 3.05) is 6.61 Å². The van der Waals surface area contributed by atoms with Crippen LogP contribution in [0, 0.1) is 0 Å². The van der Waals surface area contributed by atoms with E-state index in [-0.39, 0.29) is 6.42 Å². The van der Waals surface area contributed by atoms with Gasteiger partial charge in [-0.1, -0.05) is 0 Å². The van der Waals surface area contributed by atoms with Crippen molar-refractivity contribution >= 4 is 13.8 Å². The van der Waals surface area contributed by atoms with Crippen LogP contribution in [0.3, 0.4) is 0 Å². The maximum atomic E-state index is 10.0. The van der Waals surface area contributed by atoms with Gasteiger partial charge in [0.15, 0.2) is 6.10 Å². The highest BCUT2D eigenvalue weighted by Crippen LogP contribution is 2.35. The maximum Gasteiger partial charge on any atom is 0.469 e. The van der Waals surface area contributed by atoms with Crippen LogP contribution in [0.25, 0.3) is 0 Å². The van der Waals surface area contributed by atoms with Crippen molar-refractivity contribution in [2.24, 2.45) is 0 Å². The lowest BCUT2D eigenvalue weighted by Crippen LogP contribution is -2.20. The predicted molar refractivity (Wildman–Crippen MR) is 36.3 cm³/mol. The van der Waals surface area contributed by atoms with Gasteiger partial charge in [-0.2, -0.15) is 0 Å². The van der Waals surface area contributed by atoms with E-state index in [1.165, 1.54) is 0 Å². The van der Waals surface area contributed by atoms with Gasteiger partial charge in [-0.05, 0) is 0 Å². The Labute approximate surface area is 67.8 Å². The number of aliphatic carboxylic acids is 1. The molecule has 0 aliphatic heterocycles. The maximum absolute atomic E-state index is 10.0. The molecule has 0 bridgehead atoms. The van der Waals surface area contributed by atoms with E-state index in [0.717, 1.165) is 0 Å². The van der Waals surface area contributed by atoms with E-state index in [1.807, 2.05) is 0 Å². The first-order valence-electron chi connectivity index (χ1n) is 2.94. The summed E-state index contributed by atoms with van der Waals surface area (Å²) in [7, 11) is -4.56. The molecule has 8 heteroatoms. The Morgan fingerprint density at radius 1 is 1.50 bits per heavy atom. The van der Waals surface area contributed by atoms with Crippen molar-refractivity contribution in [2.45, 2.75) is 12.5 Å². The lowest BCUT2D eigenvalue weighted by atomic mass is 10.3. The molecule has 0 radical (unpaired) electrons. The highest BCUT2D eigenvalue weighted by Gasteiger charge is 2.17. The third-order valence-electron chi connectivity index (χ3n) is 0.936. The van der Waals surface area contributed by atoms with Crippen LogP contribution in [-0.4, -0.2) is 38.7 Å². The van der Waals surface area contributed by atoms with E-state index in [0.29, 0.717) is 0 Å². The quantitative estimate of drug-likeness (QED) is 0.416. The van der Waals surface area contributed by atoms with Gasteiger partial charge in [0.2, 0.25) is 0 Å². The molecule has 72 valence electrons. The first kappa shape index (κ1) is 11.5. The lowest BCUT2D eigenvalue weighted by molar-refractivity contribution is -0.147. The number of phosphoric acid groups is 1. The molecule has 12 heavy (non-hydrogen) atoms. The van der Waals surface area contributed by atoms with Crippen LogP contribution in [-0.2, 0) is 13.9 Å². The van der Waals surface area contributed by atoms with Crippen LogP contribution < -0.4 is 0 Å². The number of carbonyl (C=O) groups is 1. The average molecular weight is 200 g/mol. The Morgan fingerprint density at radius 3 is 2.33 bits per heavy atom. The Kier molecular flexibility index (Phi) is 4.36. The molecule has 0 aromatic carbocycles. The summed E-state index contributed by atoms with van der Waals surface area (Å²) in [6, 6.07) is 0. The fourth-order valence-electron chi connectivity index (χ4n) is 0.407. The Bertz CT molecular complexity index is 196. The van der Waals surface area contributed by atoms with Gasteiger partial charge in [-0.15, -0.1) is 0 Å². The molecule has 0 fully saturated rings. The summed E-state index contributed by atoms with van der Waals surface area (Å²) in [6.45, 7) is -0.502. The summed E-state index contributed by atoms with van der Waals surface area (Å²) < 4.78 is 13.9. The van der Waals surface area contributed by atoms with E-state index >= 15 is 0 Å². The number of phosphoric ester groups is 1. The standard InChI is InChI=1S/C4H9O7P/c5-3(4(6)7)1-2-11-12(8,9)10/h3,5H,1-2H2,(H,6,7)(H2,8,9,10). The first-order chi connectivity index (χ1) is 5.33. The fourth-order valence-corrected chi connectivity index (χ4v) is 0.750. The molecule has 1 atom stereocenters. The van der Waals surface area contributed by atoms with E-state index in [2.05, 4.69) is 4.52 Å². The minimum absolute atomic E-state index is 0.361. The van der Waals surface area contributed by atoms with Crippen molar-refractivity contribution in [1.82, 2.24) is 0 Å². The molecule has 0 heterocycles. The number of carboxylic acid groups (broad SMARTS) is 1. The first-order valence-corrected chi connectivity index (χ1v) is 4.47. The van der Waals surface area contributed by atoms with Crippen molar-refractivity contribution in [3.05, 3.63) is 0 Å². The largest absolute Gasteiger partial charge is 0.479 e. The summed E-state index contributed by atoms with van der Waals surface area (Å²) in [5.74, 6) is -1.45. The zero-order chi connectivity index (χ0) is 9.78. The summed E-state index contributed by atoms with van der Waals surface area (Å²) in [5.41, 5.74) is 0. The predicted octanol–water partition coefficient (Wildman–Crippen LogP) is -1.07. The molecule has 0 aliphatic carbocycles. The zero-order valence-corrected chi connectivity index (χ0v) is 6.85. The van der Waals surface area contributed by atoms with E-state index in [9.17, 15) is 9.36 Å². The van der Waals surface area contributed by atoms with Crippen LogP contribution in [0.1, 0.15) is 6.42 Å². The number of hydrogen-bond acceptors (Lipinski definition) is 4. The lowest BCUT2D eigenvalue weighted by Gasteiger charge is -2.06. The molecule has 7 nitrogen and oxygen atoms in total.